The van der Waals surface area contributed by atoms with Crippen molar-refractivity contribution >= 4 is 9.84 Å². The normalized spacial score (nSPS) is 21.4. The van der Waals surface area contributed by atoms with Crippen molar-refractivity contribution in [3.63, 3.8) is 0 Å². The molecule has 0 unspecified atom stereocenters. The van der Waals surface area contributed by atoms with Gasteiger partial charge in [-0.3, -0.25) is 4.90 Å². The molecule has 1 fully saturated rings. The number of benzene rings is 1. The number of fused-ring (bicyclic) bond motifs is 1. The van der Waals surface area contributed by atoms with Gasteiger partial charge in [-0.05, 0) is 56.3 Å². The zero-order valence-electron chi connectivity index (χ0n) is 15.4. The van der Waals surface area contributed by atoms with Gasteiger partial charge in [0.2, 0.25) is 0 Å². The summed E-state index contributed by atoms with van der Waals surface area (Å²) in [5.41, 5.74) is 4.97. The van der Waals surface area contributed by atoms with Crippen molar-refractivity contribution < 1.29 is 8.42 Å². The quantitative estimate of drug-likeness (QED) is 0.781. The van der Waals surface area contributed by atoms with Gasteiger partial charge in [0.1, 0.15) is 0 Å². The number of aromatic nitrogens is 2. The molecule has 1 atom stereocenters. The van der Waals surface area contributed by atoms with Crippen molar-refractivity contribution in [3.05, 3.63) is 47.3 Å². The van der Waals surface area contributed by atoms with Crippen molar-refractivity contribution in [2.24, 2.45) is 0 Å². The maximum atomic E-state index is 11.9. The molecule has 0 radical (unpaired) electrons. The molecule has 4 rings (SSSR count). The summed E-state index contributed by atoms with van der Waals surface area (Å²) in [6.45, 7) is 3.84. The molecule has 26 heavy (non-hydrogen) atoms. The van der Waals surface area contributed by atoms with E-state index < -0.39 is 9.84 Å². The highest BCUT2D eigenvalue weighted by Gasteiger charge is 2.33. The van der Waals surface area contributed by atoms with E-state index in [1.165, 1.54) is 17.7 Å². The fourth-order valence-electron chi connectivity index (χ4n) is 4.36. The molecular weight excluding hydrogens is 346 g/mol. The molecule has 1 aromatic carbocycles. The Labute approximate surface area is 155 Å². The average Bonchev–Trinajstić information content (AvgIpc) is 3.31. The molecule has 1 aliphatic carbocycles. The van der Waals surface area contributed by atoms with E-state index in [1.54, 1.807) is 0 Å². The Bertz CT molecular complexity index is 874. The molecule has 2 aromatic rings. The molecule has 5 nitrogen and oxygen atoms in total. The number of para-hydroxylation sites is 1. The van der Waals surface area contributed by atoms with Crippen LogP contribution in [-0.2, 0) is 29.2 Å². The molecule has 1 saturated heterocycles. The Morgan fingerprint density at radius 2 is 2.04 bits per heavy atom. The molecule has 2 aliphatic rings. The number of hydrogen-bond acceptors (Lipinski definition) is 4. The highest BCUT2D eigenvalue weighted by Crippen LogP contribution is 2.29. The zero-order valence-corrected chi connectivity index (χ0v) is 16.2. The second kappa shape index (κ2) is 7.16. The number of nitrogens with zero attached hydrogens (tertiary/aromatic N) is 3. The summed E-state index contributed by atoms with van der Waals surface area (Å²) in [6.07, 6.45) is 5.11. The van der Waals surface area contributed by atoms with Crippen LogP contribution in [0.3, 0.4) is 0 Å². The molecule has 0 bridgehead atoms. The van der Waals surface area contributed by atoms with Gasteiger partial charge in [0.25, 0.3) is 0 Å². The summed E-state index contributed by atoms with van der Waals surface area (Å²) in [5.74, 6) is 0.628. The van der Waals surface area contributed by atoms with E-state index in [4.69, 9.17) is 5.10 Å². The third-order valence-electron chi connectivity index (χ3n) is 5.60. The van der Waals surface area contributed by atoms with E-state index in [2.05, 4.69) is 28.6 Å². The maximum Gasteiger partial charge on any atom is 0.151 e. The smallest absolute Gasteiger partial charge is 0.151 e. The largest absolute Gasteiger partial charge is 0.293 e. The van der Waals surface area contributed by atoms with E-state index in [0.717, 1.165) is 50.2 Å². The SMILES string of the molecule is CCCN(Cc1nn(-c2ccccc2)c2c1CCC2)[C@@H]1CCS(=O)(=O)C1. The van der Waals surface area contributed by atoms with Crippen LogP contribution in [0, 0.1) is 0 Å². The predicted octanol–water partition coefficient (Wildman–Crippen LogP) is 2.76. The van der Waals surface area contributed by atoms with Crippen LogP contribution in [0.1, 0.15) is 43.1 Å². The van der Waals surface area contributed by atoms with Crippen LogP contribution in [0.4, 0.5) is 0 Å². The van der Waals surface area contributed by atoms with Crippen molar-refractivity contribution in [2.75, 3.05) is 18.1 Å². The van der Waals surface area contributed by atoms with Crippen molar-refractivity contribution in [1.82, 2.24) is 14.7 Å². The molecule has 2 heterocycles. The highest BCUT2D eigenvalue weighted by molar-refractivity contribution is 7.91. The molecule has 1 aromatic heterocycles. The van der Waals surface area contributed by atoms with Gasteiger partial charge in [-0.15, -0.1) is 0 Å². The third-order valence-corrected chi connectivity index (χ3v) is 7.35. The minimum atomic E-state index is -2.87. The Morgan fingerprint density at radius 1 is 1.23 bits per heavy atom. The fraction of sp³-hybridized carbons (Fsp3) is 0.550. The first-order valence-electron chi connectivity index (χ1n) is 9.67. The van der Waals surface area contributed by atoms with Crippen molar-refractivity contribution in [1.29, 1.82) is 0 Å². The lowest BCUT2D eigenvalue weighted by atomic mass is 10.1. The molecule has 140 valence electrons. The number of rotatable bonds is 6. The Hall–Kier alpha value is -1.66. The lowest BCUT2D eigenvalue weighted by Gasteiger charge is -2.27. The zero-order chi connectivity index (χ0) is 18.1. The summed E-state index contributed by atoms with van der Waals surface area (Å²) in [7, 11) is -2.87. The van der Waals surface area contributed by atoms with Crippen molar-refractivity contribution in [3.8, 4) is 5.69 Å². The standard InChI is InChI=1S/C20H27N3O2S/c1-2-12-22(17-11-13-26(24,25)15-17)14-19-18-9-6-10-20(18)23(21-19)16-7-4-3-5-8-16/h3-5,7-8,17H,2,6,9-15H2,1H3/t17-/m1/s1. The summed E-state index contributed by atoms with van der Waals surface area (Å²) < 4.78 is 26.0. The van der Waals surface area contributed by atoms with Crippen LogP contribution in [0.2, 0.25) is 0 Å². The Kier molecular flexibility index (Phi) is 4.88. The molecular formula is C20H27N3O2S. The second-order valence-electron chi connectivity index (χ2n) is 7.50. The molecule has 6 heteroatoms. The Morgan fingerprint density at radius 3 is 2.73 bits per heavy atom. The molecule has 0 saturated carbocycles. The van der Waals surface area contributed by atoms with E-state index in [-0.39, 0.29) is 6.04 Å². The lowest BCUT2D eigenvalue weighted by molar-refractivity contribution is 0.200. The number of hydrogen-bond donors (Lipinski definition) is 0. The van der Waals surface area contributed by atoms with E-state index in [1.807, 2.05) is 18.2 Å². The van der Waals surface area contributed by atoms with Gasteiger partial charge in [-0.1, -0.05) is 25.1 Å². The van der Waals surface area contributed by atoms with Gasteiger partial charge in [0.15, 0.2) is 9.84 Å². The first-order valence-corrected chi connectivity index (χ1v) is 11.5. The van der Waals surface area contributed by atoms with Crippen LogP contribution in [-0.4, -0.2) is 47.2 Å². The first kappa shape index (κ1) is 17.7. The van der Waals surface area contributed by atoms with Crippen molar-refractivity contribution in [2.45, 2.75) is 51.6 Å². The monoisotopic (exact) mass is 373 g/mol. The minimum absolute atomic E-state index is 0.138. The predicted molar refractivity (Wildman–Crippen MR) is 103 cm³/mol. The highest BCUT2D eigenvalue weighted by atomic mass is 32.2. The summed E-state index contributed by atoms with van der Waals surface area (Å²) in [5, 5.41) is 4.96. The number of sulfone groups is 1. The molecule has 0 amide bonds. The van der Waals surface area contributed by atoms with Gasteiger partial charge in [0.05, 0.1) is 22.9 Å². The summed E-state index contributed by atoms with van der Waals surface area (Å²) >= 11 is 0. The van der Waals surface area contributed by atoms with Gasteiger partial charge in [0, 0.05) is 18.3 Å². The van der Waals surface area contributed by atoms with Crippen LogP contribution < -0.4 is 0 Å². The van der Waals surface area contributed by atoms with Crippen LogP contribution >= 0.6 is 0 Å². The third kappa shape index (κ3) is 3.45. The molecule has 0 spiro atoms. The van der Waals surface area contributed by atoms with E-state index in [0.29, 0.717) is 11.5 Å². The van der Waals surface area contributed by atoms with Crippen LogP contribution in [0.15, 0.2) is 30.3 Å². The maximum absolute atomic E-state index is 11.9. The summed E-state index contributed by atoms with van der Waals surface area (Å²) in [4.78, 5) is 2.35. The van der Waals surface area contributed by atoms with Gasteiger partial charge in [-0.25, -0.2) is 13.1 Å². The fourth-order valence-corrected chi connectivity index (χ4v) is 6.12. The summed E-state index contributed by atoms with van der Waals surface area (Å²) in [6, 6.07) is 10.5. The van der Waals surface area contributed by atoms with E-state index >= 15 is 0 Å². The molecule has 0 N–H and O–H groups in total. The van der Waals surface area contributed by atoms with Crippen LogP contribution in [0.5, 0.6) is 0 Å². The van der Waals surface area contributed by atoms with Gasteiger partial charge >= 0.3 is 0 Å². The minimum Gasteiger partial charge on any atom is -0.293 e. The topological polar surface area (TPSA) is 55.2 Å². The lowest BCUT2D eigenvalue weighted by Crippen LogP contribution is -2.36. The van der Waals surface area contributed by atoms with Gasteiger partial charge in [-0.2, -0.15) is 5.10 Å². The average molecular weight is 374 g/mol. The molecule has 1 aliphatic heterocycles. The second-order valence-corrected chi connectivity index (χ2v) is 9.73. The van der Waals surface area contributed by atoms with Gasteiger partial charge < -0.3 is 0 Å². The first-order chi connectivity index (χ1) is 12.6. The van der Waals surface area contributed by atoms with E-state index in [9.17, 15) is 8.42 Å². The van der Waals surface area contributed by atoms with Crippen LogP contribution in [0.25, 0.3) is 5.69 Å². The Balaban J connectivity index is 1.63.